The molecule has 9 heteroatoms. The molecule has 0 aliphatic carbocycles. The molecule has 28 heavy (non-hydrogen) atoms. The maximum atomic E-state index is 12.6. The van der Waals surface area contributed by atoms with Crippen LogP contribution in [-0.2, 0) is 0 Å². The lowest BCUT2D eigenvalue weighted by Crippen LogP contribution is -2.23. The average molecular weight is 377 g/mol. The molecule has 0 aliphatic rings. The number of carbonyl (C=O) groups is 1. The predicted octanol–water partition coefficient (Wildman–Crippen LogP) is 2.17. The second-order valence-corrected chi connectivity index (χ2v) is 6.01. The summed E-state index contributed by atoms with van der Waals surface area (Å²) < 4.78 is 4.46. The highest BCUT2D eigenvalue weighted by Crippen LogP contribution is 2.21. The Morgan fingerprint density at radius 2 is 1.86 bits per heavy atom. The first kappa shape index (κ1) is 17.3. The molecule has 0 saturated heterocycles. The molecule has 0 saturated carbocycles. The smallest absolute Gasteiger partial charge is 0.386 e. The third kappa shape index (κ3) is 3.16. The maximum absolute atomic E-state index is 12.6. The van der Waals surface area contributed by atoms with E-state index in [9.17, 15) is 14.4 Å². The number of nitrogens with zero attached hydrogens (tertiary/aromatic N) is 1. The Kier molecular flexibility index (Phi) is 4.24. The lowest BCUT2D eigenvalue weighted by atomic mass is 10.1. The van der Waals surface area contributed by atoms with Gasteiger partial charge in [-0.1, -0.05) is 17.3 Å². The predicted molar refractivity (Wildman–Crippen MR) is 105 cm³/mol. The van der Waals surface area contributed by atoms with Gasteiger partial charge in [0.05, 0.1) is 11.2 Å². The van der Waals surface area contributed by atoms with Crippen molar-refractivity contribution in [3.63, 3.8) is 0 Å². The molecular weight excluding hydrogens is 362 g/mol. The molecule has 0 aliphatic heterocycles. The number of hydrogen-bond donors (Lipinski definition) is 4. The number of aromatic amines is 2. The molecule has 2 aromatic heterocycles. The Balaban J connectivity index is 1.60. The van der Waals surface area contributed by atoms with Crippen molar-refractivity contribution in [3.8, 4) is 11.4 Å². The summed E-state index contributed by atoms with van der Waals surface area (Å²) in [4.78, 5) is 41.2. The minimum Gasteiger partial charge on any atom is -0.386 e. The molecule has 2 heterocycles. The van der Waals surface area contributed by atoms with Gasteiger partial charge in [-0.3, -0.25) is 19.1 Å². The van der Waals surface area contributed by atoms with E-state index in [0.717, 1.165) is 11.1 Å². The summed E-state index contributed by atoms with van der Waals surface area (Å²) in [7, 11) is 1.76. The van der Waals surface area contributed by atoms with Gasteiger partial charge in [0.1, 0.15) is 5.56 Å². The zero-order chi connectivity index (χ0) is 19.7. The molecule has 4 rings (SSSR count). The number of benzene rings is 2. The Hall–Kier alpha value is -4.14. The molecule has 0 atom stereocenters. The lowest BCUT2D eigenvalue weighted by Gasteiger charge is -2.08. The van der Waals surface area contributed by atoms with Crippen LogP contribution in [0.25, 0.3) is 22.3 Å². The SMILES string of the molecule is CNc1cccc2cc(C(=O)Nc3ccc(-c4noc(=O)[nH]4)cc3)c(=O)[nH]c12. The summed E-state index contributed by atoms with van der Waals surface area (Å²) in [6.07, 6.45) is 0. The first-order chi connectivity index (χ1) is 13.5. The largest absolute Gasteiger partial charge is 0.439 e. The molecule has 0 bridgehead atoms. The van der Waals surface area contributed by atoms with Crippen LogP contribution in [0.15, 0.2) is 62.6 Å². The van der Waals surface area contributed by atoms with Crippen molar-refractivity contribution < 1.29 is 9.32 Å². The van der Waals surface area contributed by atoms with Crippen molar-refractivity contribution in [2.75, 3.05) is 17.7 Å². The Morgan fingerprint density at radius 1 is 1.07 bits per heavy atom. The molecule has 0 unspecified atom stereocenters. The highest BCUT2D eigenvalue weighted by molar-refractivity contribution is 6.06. The van der Waals surface area contributed by atoms with E-state index < -0.39 is 17.2 Å². The maximum Gasteiger partial charge on any atom is 0.439 e. The molecule has 0 fully saturated rings. The summed E-state index contributed by atoms with van der Waals surface area (Å²) in [5.41, 5.74) is 2.03. The number of anilines is 2. The second-order valence-electron chi connectivity index (χ2n) is 6.01. The summed E-state index contributed by atoms with van der Waals surface area (Å²) >= 11 is 0. The van der Waals surface area contributed by atoms with Crippen molar-refractivity contribution in [3.05, 3.63) is 75.0 Å². The molecule has 0 spiro atoms. The molecule has 1 amide bonds. The van der Waals surface area contributed by atoms with Gasteiger partial charge in [0, 0.05) is 23.7 Å². The fourth-order valence-electron chi connectivity index (χ4n) is 2.87. The van der Waals surface area contributed by atoms with Crippen LogP contribution in [0.1, 0.15) is 10.4 Å². The van der Waals surface area contributed by atoms with Crippen molar-refractivity contribution >= 4 is 28.2 Å². The van der Waals surface area contributed by atoms with Crippen molar-refractivity contribution in [1.82, 2.24) is 15.1 Å². The van der Waals surface area contributed by atoms with Crippen LogP contribution in [0.5, 0.6) is 0 Å². The van der Waals surface area contributed by atoms with E-state index in [1.54, 1.807) is 37.4 Å². The van der Waals surface area contributed by atoms with Crippen LogP contribution in [0, 0.1) is 0 Å². The van der Waals surface area contributed by atoms with E-state index in [4.69, 9.17) is 0 Å². The van der Waals surface area contributed by atoms with E-state index in [0.29, 0.717) is 16.8 Å². The zero-order valence-electron chi connectivity index (χ0n) is 14.7. The van der Waals surface area contributed by atoms with Crippen molar-refractivity contribution in [2.24, 2.45) is 0 Å². The number of para-hydroxylation sites is 1. The number of fused-ring (bicyclic) bond motifs is 1. The van der Waals surface area contributed by atoms with Crippen LogP contribution in [0.4, 0.5) is 11.4 Å². The van der Waals surface area contributed by atoms with Gasteiger partial charge in [-0.25, -0.2) is 4.79 Å². The molecule has 9 nitrogen and oxygen atoms in total. The highest BCUT2D eigenvalue weighted by Gasteiger charge is 2.14. The minimum absolute atomic E-state index is 0.00524. The third-order valence-corrected chi connectivity index (χ3v) is 4.25. The summed E-state index contributed by atoms with van der Waals surface area (Å²) in [5, 5.41) is 10.0. The van der Waals surface area contributed by atoms with Gasteiger partial charge in [0.2, 0.25) is 0 Å². The number of rotatable bonds is 4. The summed E-state index contributed by atoms with van der Waals surface area (Å²) in [6.45, 7) is 0. The van der Waals surface area contributed by atoms with Gasteiger partial charge in [0.15, 0.2) is 5.82 Å². The van der Waals surface area contributed by atoms with Crippen LogP contribution < -0.4 is 21.9 Å². The standard InChI is InChI=1S/C19H15N5O4/c1-20-14-4-2-3-11-9-13(18(26)22-15(11)14)17(25)21-12-7-5-10(6-8-12)16-23-19(27)28-24-16/h2-9,20H,1H3,(H,21,25)(H,22,26)(H,23,24,27). The van der Waals surface area contributed by atoms with E-state index >= 15 is 0 Å². The Morgan fingerprint density at radius 3 is 2.54 bits per heavy atom. The molecule has 0 radical (unpaired) electrons. The van der Waals surface area contributed by atoms with Gasteiger partial charge in [-0.15, -0.1) is 0 Å². The topological polar surface area (TPSA) is 133 Å². The van der Waals surface area contributed by atoms with Crippen LogP contribution in [-0.4, -0.2) is 28.1 Å². The van der Waals surface area contributed by atoms with Crippen LogP contribution in [0.3, 0.4) is 0 Å². The van der Waals surface area contributed by atoms with Gasteiger partial charge >= 0.3 is 5.76 Å². The highest BCUT2D eigenvalue weighted by atomic mass is 16.5. The average Bonchev–Trinajstić information content (AvgIpc) is 3.14. The summed E-state index contributed by atoms with van der Waals surface area (Å²) in [6, 6.07) is 13.6. The van der Waals surface area contributed by atoms with Crippen molar-refractivity contribution in [2.45, 2.75) is 0 Å². The minimum atomic E-state index is -0.649. The normalized spacial score (nSPS) is 10.8. The van der Waals surface area contributed by atoms with Gasteiger partial charge in [-0.05, 0) is 36.4 Å². The fraction of sp³-hybridized carbons (Fsp3) is 0.0526. The van der Waals surface area contributed by atoms with Crippen LogP contribution >= 0.6 is 0 Å². The summed E-state index contributed by atoms with van der Waals surface area (Å²) in [5.74, 6) is -0.890. The van der Waals surface area contributed by atoms with Gasteiger partial charge in [-0.2, -0.15) is 0 Å². The third-order valence-electron chi connectivity index (χ3n) is 4.25. The van der Waals surface area contributed by atoms with Gasteiger partial charge in [0.25, 0.3) is 11.5 Å². The number of aromatic nitrogens is 3. The number of nitrogens with one attached hydrogen (secondary N) is 4. The van der Waals surface area contributed by atoms with E-state index in [2.05, 4.69) is 30.3 Å². The lowest BCUT2D eigenvalue weighted by molar-refractivity contribution is 0.102. The van der Waals surface area contributed by atoms with Crippen LogP contribution in [0.2, 0.25) is 0 Å². The monoisotopic (exact) mass is 377 g/mol. The first-order valence-corrected chi connectivity index (χ1v) is 8.37. The Bertz CT molecular complexity index is 1280. The second kappa shape index (κ2) is 6.88. The fourth-order valence-corrected chi connectivity index (χ4v) is 2.87. The number of carbonyl (C=O) groups excluding carboxylic acids is 1. The number of amides is 1. The number of pyridine rings is 1. The van der Waals surface area contributed by atoms with E-state index in [1.807, 2.05) is 18.2 Å². The zero-order valence-corrected chi connectivity index (χ0v) is 14.7. The van der Waals surface area contributed by atoms with E-state index in [-0.39, 0.29) is 11.4 Å². The quantitative estimate of drug-likeness (QED) is 0.431. The van der Waals surface area contributed by atoms with Gasteiger partial charge < -0.3 is 15.6 Å². The molecule has 4 N–H and O–H groups in total. The Labute approximate surface area is 157 Å². The molecule has 4 aromatic rings. The molecular formula is C19H15N5O4. The number of hydrogen-bond acceptors (Lipinski definition) is 6. The first-order valence-electron chi connectivity index (χ1n) is 8.37. The molecule has 2 aromatic carbocycles. The van der Waals surface area contributed by atoms with E-state index in [1.165, 1.54) is 0 Å². The number of H-pyrrole nitrogens is 2. The van der Waals surface area contributed by atoms with Crippen molar-refractivity contribution in [1.29, 1.82) is 0 Å². The molecule has 140 valence electrons.